The van der Waals surface area contributed by atoms with Crippen LogP contribution < -0.4 is 4.74 Å². The maximum Gasteiger partial charge on any atom is 0.222 e. The molecule has 2 rings (SSSR count). The van der Waals surface area contributed by atoms with E-state index in [4.69, 9.17) is 4.74 Å². The van der Waals surface area contributed by atoms with Gasteiger partial charge in [0.05, 0.1) is 13.7 Å². The van der Waals surface area contributed by atoms with Gasteiger partial charge in [0, 0.05) is 38.6 Å². The Bertz CT molecular complexity index is 495. The number of ether oxygens (including phenoxy) is 1. The van der Waals surface area contributed by atoms with Crippen molar-refractivity contribution < 1.29 is 14.6 Å². The van der Waals surface area contributed by atoms with Crippen LogP contribution in [0.2, 0.25) is 0 Å². The molecule has 5 heteroatoms. The van der Waals surface area contributed by atoms with E-state index in [1.165, 1.54) is 0 Å². The molecule has 5 nitrogen and oxygen atoms in total. The number of piperazine rings is 1. The van der Waals surface area contributed by atoms with Crippen molar-refractivity contribution in [2.45, 2.75) is 32.2 Å². The average Bonchev–Trinajstić information content (AvgIpc) is 2.61. The second-order valence-corrected chi connectivity index (χ2v) is 6.01. The lowest BCUT2D eigenvalue weighted by Gasteiger charge is -2.38. The molecule has 128 valence electrons. The molecule has 1 heterocycles. The van der Waals surface area contributed by atoms with E-state index in [9.17, 15) is 9.90 Å². The first-order chi connectivity index (χ1) is 11.2. The van der Waals surface area contributed by atoms with Gasteiger partial charge in [-0.05, 0) is 30.5 Å². The molecule has 1 amide bonds. The molecule has 1 aromatic carbocycles. The van der Waals surface area contributed by atoms with Gasteiger partial charge >= 0.3 is 0 Å². The lowest BCUT2D eigenvalue weighted by atomic mass is 10.1. The third-order valence-corrected chi connectivity index (χ3v) is 4.63. The molecule has 1 N–H and O–H groups in total. The molecule has 1 aliphatic heterocycles. The van der Waals surface area contributed by atoms with Crippen molar-refractivity contribution in [3.63, 3.8) is 0 Å². The minimum absolute atomic E-state index is 0.195. The number of hydrogen-bond acceptors (Lipinski definition) is 4. The average molecular weight is 320 g/mol. The maximum atomic E-state index is 12.4. The number of nitrogens with zero attached hydrogens (tertiary/aromatic N) is 2. The van der Waals surface area contributed by atoms with Crippen molar-refractivity contribution in [2.24, 2.45) is 0 Å². The van der Waals surface area contributed by atoms with E-state index in [0.29, 0.717) is 6.42 Å². The predicted molar refractivity (Wildman–Crippen MR) is 90.6 cm³/mol. The number of benzene rings is 1. The molecule has 1 aromatic rings. The van der Waals surface area contributed by atoms with Crippen molar-refractivity contribution in [2.75, 3.05) is 39.9 Å². The van der Waals surface area contributed by atoms with Gasteiger partial charge in [0.2, 0.25) is 5.91 Å². The molecule has 0 bridgehead atoms. The van der Waals surface area contributed by atoms with Gasteiger partial charge in [0.15, 0.2) is 0 Å². The number of amides is 1. The monoisotopic (exact) mass is 320 g/mol. The van der Waals surface area contributed by atoms with Gasteiger partial charge in [0.1, 0.15) is 5.75 Å². The summed E-state index contributed by atoms with van der Waals surface area (Å²) in [5.74, 6) is 1.04. The number of rotatable bonds is 7. The number of carbonyl (C=O) groups excluding carboxylic acids is 1. The molecular formula is C18H28N2O3. The molecule has 0 radical (unpaired) electrons. The SMILES string of the molecule is CCC(CO)N1CCN(C(=O)CCc2cccc(OC)c2)CC1. The van der Waals surface area contributed by atoms with E-state index in [2.05, 4.69) is 11.8 Å². The van der Waals surface area contributed by atoms with Crippen LogP contribution in [0, 0.1) is 0 Å². The van der Waals surface area contributed by atoms with Crippen LogP contribution in [0.4, 0.5) is 0 Å². The lowest BCUT2D eigenvalue weighted by Crippen LogP contribution is -2.52. The van der Waals surface area contributed by atoms with Crippen LogP contribution in [-0.2, 0) is 11.2 Å². The molecule has 0 spiro atoms. The first-order valence-corrected chi connectivity index (χ1v) is 8.43. The van der Waals surface area contributed by atoms with E-state index >= 15 is 0 Å². The molecule has 1 unspecified atom stereocenters. The number of aliphatic hydroxyl groups is 1. The summed E-state index contributed by atoms with van der Waals surface area (Å²) in [5, 5.41) is 9.37. The van der Waals surface area contributed by atoms with Gasteiger partial charge in [-0.2, -0.15) is 0 Å². The minimum atomic E-state index is 0.195. The number of hydrogen-bond donors (Lipinski definition) is 1. The van der Waals surface area contributed by atoms with Crippen molar-refractivity contribution in [1.82, 2.24) is 9.80 Å². The summed E-state index contributed by atoms with van der Waals surface area (Å²) in [7, 11) is 1.65. The van der Waals surface area contributed by atoms with E-state index < -0.39 is 0 Å². The van der Waals surface area contributed by atoms with Gasteiger partial charge in [0.25, 0.3) is 0 Å². The van der Waals surface area contributed by atoms with Crippen LogP contribution in [0.25, 0.3) is 0 Å². The Morgan fingerprint density at radius 2 is 2.04 bits per heavy atom. The Kier molecular flexibility index (Phi) is 6.86. The number of aliphatic hydroxyl groups excluding tert-OH is 1. The van der Waals surface area contributed by atoms with E-state index in [0.717, 1.165) is 50.3 Å². The van der Waals surface area contributed by atoms with Crippen LogP contribution in [0.15, 0.2) is 24.3 Å². The highest BCUT2D eigenvalue weighted by atomic mass is 16.5. The molecule has 0 aromatic heterocycles. The summed E-state index contributed by atoms with van der Waals surface area (Å²) in [6.07, 6.45) is 2.22. The Labute approximate surface area is 138 Å². The third-order valence-electron chi connectivity index (χ3n) is 4.63. The van der Waals surface area contributed by atoms with Crippen molar-refractivity contribution in [3.8, 4) is 5.75 Å². The van der Waals surface area contributed by atoms with Crippen molar-refractivity contribution in [1.29, 1.82) is 0 Å². The lowest BCUT2D eigenvalue weighted by molar-refractivity contribution is -0.133. The predicted octanol–water partition coefficient (Wildman–Crippen LogP) is 1.54. The zero-order valence-corrected chi connectivity index (χ0v) is 14.2. The second kappa shape index (κ2) is 8.89. The van der Waals surface area contributed by atoms with Crippen LogP contribution in [0.1, 0.15) is 25.3 Å². The highest BCUT2D eigenvalue weighted by Crippen LogP contribution is 2.15. The van der Waals surface area contributed by atoms with Crippen LogP contribution in [0.3, 0.4) is 0 Å². The fraction of sp³-hybridized carbons (Fsp3) is 0.611. The molecule has 0 saturated carbocycles. The van der Waals surface area contributed by atoms with Crippen LogP contribution >= 0.6 is 0 Å². The Hall–Kier alpha value is -1.59. The molecule has 0 aliphatic carbocycles. The molecule has 1 aliphatic rings. The fourth-order valence-corrected chi connectivity index (χ4v) is 3.08. The zero-order valence-electron chi connectivity index (χ0n) is 14.2. The van der Waals surface area contributed by atoms with Crippen LogP contribution in [-0.4, -0.2) is 66.8 Å². The van der Waals surface area contributed by atoms with E-state index in [1.807, 2.05) is 29.2 Å². The summed E-state index contributed by atoms with van der Waals surface area (Å²) in [5.41, 5.74) is 1.13. The highest BCUT2D eigenvalue weighted by Gasteiger charge is 2.24. The summed E-state index contributed by atoms with van der Waals surface area (Å²) in [4.78, 5) is 16.6. The maximum absolute atomic E-state index is 12.4. The van der Waals surface area contributed by atoms with E-state index in [1.54, 1.807) is 7.11 Å². The van der Waals surface area contributed by atoms with Gasteiger partial charge < -0.3 is 14.7 Å². The van der Waals surface area contributed by atoms with E-state index in [-0.39, 0.29) is 18.6 Å². The smallest absolute Gasteiger partial charge is 0.222 e. The number of aryl methyl sites for hydroxylation is 1. The number of carbonyl (C=O) groups is 1. The largest absolute Gasteiger partial charge is 0.497 e. The van der Waals surface area contributed by atoms with Gasteiger partial charge in [-0.15, -0.1) is 0 Å². The Morgan fingerprint density at radius 1 is 1.30 bits per heavy atom. The molecule has 1 atom stereocenters. The fourth-order valence-electron chi connectivity index (χ4n) is 3.08. The second-order valence-electron chi connectivity index (χ2n) is 6.01. The molecule has 1 saturated heterocycles. The summed E-state index contributed by atoms with van der Waals surface area (Å²) in [6, 6.07) is 8.11. The molecular weight excluding hydrogens is 292 g/mol. The van der Waals surface area contributed by atoms with Crippen molar-refractivity contribution >= 4 is 5.91 Å². The first kappa shape index (κ1) is 17.8. The first-order valence-electron chi connectivity index (χ1n) is 8.43. The Morgan fingerprint density at radius 3 is 2.65 bits per heavy atom. The topological polar surface area (TPSA) is 53.0 Å². The quantitative estimate of drug-likeness (QED) is 0.828. The van der Waals surface area contributed by atoms with Gasteiger partial charge in [-0.3, -0.25) is 9.69 Å². The summed E-state index contributed by atoms with van der Waals surface area (Å²) >= 11 is 0. The van der Waals surface area contributed by atoms with Gasteiger partial charge in [-0.25, -0.2) is 0 Å². The van der Waals surface area contributed by atoms with Gasteiger partial charge in [-0.1, -0.05) is 19.1 Å². The third kappa shape index (κ3) is 4.94. The Balaban J connectivity index is 1.78. The normalized spacial score (nSPS) is 17.1. The zero-order chi connectivity index (χ0) is 16.7. The number of methoxy groups -OCH3 is 1. The summed E-state index contributed by atoms with van der Waals surface area (Å²) < 4.78 is 5.21. The highest BCUT2D eigenvalue weighted by molar-refractivity contribution is 5.76. The van der Waals surface area contributed by atoms with Crippen LogP contribution in [0.5, 0.6) is 5.75 Å². The standard InChI is InChI=1S/C18H28N2O3/c1-3-16(14-21)19-9-11-20(12-10-19)18(22)8-7-15-5-4-6-17(13-15)23-2/h4-6,13,16,21H,3,7-12,14H2,1-2H3. The molecule has 1 fully saturated rings. The van der Waals surface area contributed by atoms with Crippen molar-refractivity contribution in [3.05, 3.63) is 29.8 Å². The minimum Gasteiger partial charge on any atom is -0.497 e. The summed E-state index contributed by atoms with van der Waals surface area (Å²) in [6.45, 7) is 5.50. The molecule has 23 heavy (non-hydrogen) atoms.